The van der Waals surface area contributed by atoms with Crippen LogP contribution in [0.4, 0.5) is 0 Å². The van der Waals surface area contributed by atoms with Crippen LogP contribution in [0.15, 0.2) is 57.7 Å². The Balaban J connectivity index is 1.70. The van der Waals surface area contributed by atoms with Gasteiger partial charge in [0, 0.05) is 16.5 Å². The standard InChI is InChI=1S/C18H13ClO4/c19-13-4-1-11(2-5-13)16-7-12-3-6-14(21-9-15-10-22-15)8-17(12)23-18(16)20/h1-8,15H,9-10H2. The van der Waals surface area contributed by atoms with Crippen molar-refractivity contribution in [3.8, 4) is 16.9 Å². The van der Waals surface area contributed by atoms with Gasteiger partial charge in [0.25, 0.3) is 0 Å². The Morgan fingerprint density at radius 3 is 2.65 bits per heavy atom. The van der Waals surface area contributed by atoms with E-state index in [2.05, 4.69) is 0 Å². The van der Waals surface area contributed by atoms with Gasteiger partial charge in [0.2, 0.25) is 0 Å². The maximum Gasteiger partial charge on any atom is 0.344 e. The summed E-state index contributed by atoms with van der Waals surface area (Å²) in [4.78, 5) is 12.2. The van der Waals surface area contributed by atoms with Crippen LogP contribution in [0, 0.1) is 0 Å². The topological polar surface area (TPSA) is 52.0 Å². The van der Waals surface area contributed by atoms with Crippen LogP contribution < -0.4 is 10.4 Å². The number of halogens is 1. The van der Waals surface area contributed by atoms with Crippen molar-refractivity contribution in [3.05, 3.63) is 64.0 Å². The average molecular weight is 329 g/mol. The molecule has 0 radical (unpaired) electrons. The van der Waals surface area contributed by atoms with E-state index in [4.69, 9.17) is 25.5 Å². The lowest BCUT2D eigenvalue weighted by Gasteiger charge is -2.06. The second-order valence-electron chi connectivity index (χ2n) is 5.42. The highest BCUT2D eigenvalue weighted by Gasteiger charge is 2.23. The molecule has 2 aromatic carbocycles. The Hall–Kier alpha value is -2.30. The van der Waals surface area contributed by atoms with Crippen LogP contribution in [-0.4, -0.2) is 19.3 Å². The van der Waals surface area contributed by atoms with Gasteiger partial charge in [-0.1, -0.05) is 23.7 Å². The second-order valence-corrected chi connectivity index (χ2v) is 5.86. The van der Waals surface area contributed by atoms with Gasteiger partial charge in [0.05, 0.1) is 12.2 Å². The Kier molecular flexibility index (Phi) is 3.56. The minimum Gasteiger partial charge on any atom is -0.491 e. The third-order valence-electron chi connectivity index (χ3n) is 3.70. The largest absolute Gasteiger partial charge is 0.491 e. The quantitative estimate of drug-likeness (QED) is 0.538. The van der Waals surface area contributed by atoms with Crippen LogP contribution in [-0.2, 0) is 4.74 Å². The SMILES string of the molecule is O=c1oc2cc(OCC3CO3)ccc2cc1-c1ccc(Cl)cc1. The lowest BCUT2D eigenvalue weighted by molar-refractivity contribution is 0.263. The van der Waals surface area contributed by atoms with Gasteiger partial charge in [-0.15, -0.1) is 0 Å². The monoisotopic (exact) mass is 328 g/mol. The molecular formula is C18H13ClO4. The van der Waals surface area contributed by atoms with E-state index in [1.807, 2.05) is 18.2 Å². The molecule has 4 rings (SSSR count). The van der Waals surface area contributed by atoms with Crippen molar-refractivity contribution in [1.82, 2.24) is 0 Å². The highest BCUT2D eigenvalue weighted by atomic mass is 35.5. The molecule has 2 heterocycles. The first-order valence-electron chi connectivity index (χ1n) is 7.27. The second kappa shape index (κ2) is 5.72. The average Bonchev–Trinajstić information content (AvgIpc) is 3.37. The van der Waals surface area contributed by atoms with Gasteiger partial charge >= 0.3 is 5.63 Å². The number of rotatable bonds is 4. The molecule has 1 unspecified atom stereocenters. The summed E-state index contributed by atoms with van der Waals surface area (Å²) >= 11 is 5.88. The molecule has 1 aliphatic rings. The molecule has 0 saturated carbocycles. The molecule has 1 saturated heterocycles. The predicted molar refractivity (Wildman–Crippen MR) is 88.2 cm³/mol. The zero-order valence-electron chi connectivity index (χ0n) is 12.1. The highest BCUT2D eigenvalue weighted by Crippen LogP contribution is 2.25. The number of ether oxygens (including phenoxy) is 2. The van der Waals surface area contributed by atoms with Crippen LogP contribution in [0.5, 0.6) is 5.75 Å². The fourth-order valence-electron chi connectivity index (χ4n) is 2.37. The lowest BCUT2D eigenvalue weighted by atomic mass is 10.1. The van der Waals surface area contributed by atoms with E-state index in [1.165, 1.54) is 0 Å². The molecule has 0 amide bonds. The number of hydrogen-bond acceptors (Lipinski definition) is 4. The van der Waals surface area contributed by atoms with E-state index in [0.717, 1.165) is 17.6 Å². The molecule has 1 fully saturated rings. The number of epoxide rings is 1. The lowest BCUT2D eigenvalue weighted by Crippen LogP contribution is -2.05. The maximum atomic E-state index is 12.2. The molecule has 1 aromatic heterocycles. The minimum atomic E-state index is -0.387. The van der Waals surface area contributed by atoms with Crippen molar-refractivity contribution in [2.75, 3.05) is 13.2 Å². The third kappa shape index (κ3) is 3.09. The van der Waals surface area contributed by atoms with Crippen molar-refractivity contribution in [1.29, 1.82) is 0 Å². The van der Waals surface area contributed by atoms with E-state index >= 15 is 0 Å². The van der Waals surface area contributed by atoms with Crippen molar-refractivity contribution in [2.45, 2.75) is 6.10 Å². The van der Waals surface area contributed by atoms with Crippen LogP contribution in [0.25, 0.3) is 22.1 Å². The van der Waals surface area contributed by atoms with E-state index < -0.39 is 0 Å². The van der Waals surface area contributed by atoms with Crippen LogP contribution in [0.3, 0.4) is 0 Å². The van der Waals surface area contributed by atoms with Gasteiger partial charge in [-0.3, -0.25) is 0 Å². The third-order valence-corrected chi connectivity index (χ3v) is 3.95. The molecule has 0 N–H and O–H groups in total. The zero-order chi connectivity index (χ0) is 15.8. The Bertz CT molecular complexity index is 910. The maximum absolute atomic E-state index is 12.2. The van der Waals surface area contributed by atoms with Crippen LogP contribution >= 0.6 is 11.6 Å². The Morgan fingerprint density at radius 2 is 1.91 bits per heavy atom. The summed E-state index contributed by atoms with van der Waals surface area (Å²) in [6.07, 6.45) is 0.185. The summed E-state index contributed by atoms with van der Waals surface area (Å²) in [6, 6.07) is 14.4. The van der Waals surface area contributed by atoms with Crippen molar-refractivity contribution in [2.24, 2.45) is 0 Å². The molecular weight excluding hydrogens is 316 g/mol. The molecule has 0 bridgehead atoms. The fraction of sp³-hybridized carbons (Fsp3) is 0.167. The molecule has 0 aliphatic carbocycles. The number of benzene rings is 2. The first kappa shape index (κ1) is 14.3. The van der Waals surface area contributed by atoms with Gasteiger partial charge in [-0.05, 0) is 35.9 Å². The first-order chi connectivity index (χ1) is 11.2. The smallest absolute Gasteiger partial charge is 0.344 e. The molecule has 1 aliphatic heterocycles. The summed E-state index contributed by atoms with van der Waals surface area (Å²) in [7, 11) is 0. The summed E-state index contributed by atoms with van der Waals surface area (Å²) in [5.41, 5.74) is 1.40. The highest BCUT2D eigenvalue weighted by molar-refractivity contribution is 6.30. The fourth-order valence-corrected chi connectivity index (χ4v) is 2.49. The Labute approximate surface area is 137 Å². The van der Waals surface area contributed by atoms with Crippen molar-refractivity contribution in [3.63, 3.8) is 0 Å². The molecule has 3 aromatic rings. The van der Waals surface area contributed by atoms with Gasteiger partial charge in [0.1, 0.15) is 24.0 Å². The van der Waals surface area contributed by atoms with Crippen LogP contribution in [0.1, 0.15) is 0 Å². The molecule has 23 heavy (non-hydrogen) atoms. The van der Waals surface area contributed by atoms with E-state index in [9.17, 15) is 4.79 Å². The van der Waals surface area contributed by atoms with Gasteiger partial charge in [-0.2, -0.15) is 0 Å². The van der Waals surface area contributed by atoms with Crippen molar-refractivity contribution < 1.29 is 13.9 Å². The summed E-state index contributed by atoms with van der Waals surface area (Å²) < 4.78 is 16.1. The summed E-state index contributed by atoms with van der Waals surface area (Å²) in [5.74, 6) is 0.662. The molecule has 116 valence electrons. The van der Waals surface area contributed by atoms with Crippen molar-refractivity contribution >= 4 is 22.6 Å². The van der Waals surface area contributed by atoms with E-state index in [1.54, 1.807) is 30.3 Å². The van der Waals surface area contributed by atoms with Gasteiger partial charge < -0.3 is 13.9 Å². The molecule has 5 heteroatoms. The molecule has 4 nitrogen and oxygen atoms in total. The summed E-state index contributed by atoms with van der Waals surface area (Å²) in [5, 5.41) is 1.46. The number of fused-ring (bicyclic) bond motifs is 1. The first-order valence-corrected chi connectivity index (χ1v) is 7.65. The number of hydrogen-bond donors (Lipinski definition) is 0. The van der Waals surface area contributed by atoms with E-state index in [-0.39, 0.29) is 11.7 Å². The van der Waals surface area contributed by atoms with Crippen LogP contribution in [0.2, 0.25) is 5.02 Å². The normalized spacial score (nSPS) is 16.5. The van der Waals surface area contributed by atoms with E-state index in [0.29, 0.717) is 28.5 Å². The Morgan fingerprint density at radius 1 is 1.13 bits per heavy atom. The van der Waals surface area contributed by atoms with Gasteiger partial charge in [-0.25, -0.2) is 4.79 Å². The predicted octanol–water partition coefficient (Wildman–Crippen LogP) is 3.89. The zero-order valence-corrected chi connectivity index (χ0v) is 12.9. The minimum absolute atomic E-state index is 0.185. The van der Waals surface area contributed by atoms with Gasteiger partial charge in [0.15, 0.2) is 0 Å². The molecule has 1 atom stereocenters. The summed E-state index contributed by atoms with van der Waals surface area (Å²) in [6.45, 7) is 1.26. The molecule has 0 spiro atoms.